The number of carbonyl (C=O) groups is 1. The number of β-lactam (4-membered cyclic amide) rings is 1. The van der Waals surface area contributed by atoms with Gasteiger partial charge >= 0.3 is 0 Å². The third-order valence-corrected chi connectivity index (χ3v) is 3.51. The molecule has 2 heterocycles. The number of hydrogen-bond donors (Lipinski definition) is 1. The Balaban J connectivity index is 2.07. The van der Waals surface area contributed by atoms with Crippen molar-refractivity contribution in [2.75, 3.05) is 20.1 Å². The summed E-state index contributed by atoms with van der Waals surface area (Å²) in [6, 6.07) is 0.402. The van der Waals surface area contributed by atoms with E-state index in [-0.39, 0.29) is 11.3 Å². The third-order valence-electron chi connectivity index (χ3n) is 3.51. The van der Waals surface area contributed by atoms with Crippen LogP contribution in [0.4, 0.5) is 0 Å². The van der Waals surface area contributed by atoms with E-state index in [0.29, 0.717) is 6.04 Å². The van der Waals surface area contributed by atoms with Crippen LogP contribution in [0.25, 0.3) is 0 Å². The van der Waals surface area contributed by atoms with Crippen molar-refractivity contribution < 1.29 is 4.79 Å². The van der Waals surface area contributed by atoms with Crippen LogP contribution in [0.15, 0.2) is 0 Å². The molecule has 2 fully saturated rings. The lowest BCUT2D eigenvalue weighted by Gasteiger charge is -2.51. The van der Waals surface area contributed by atoms with E-state index in [9.17, 15) is 4.79 Å². The molecule has 68 valence electrons. The van der Waals surface area contributed by atoms with Crippen LogP contribution in [0.1, 0.15) is 19.8 Å². The Morgan fingerprint density at radius 3 is 2.50 bits per heavy atom. The highest BCUT2D eigenvalue weighted by Crippen LogP contribution is 2.40. The van der Waals surface area contributed by atoms with E-state index in [1.165, 1.54) is 0 Å². The molecular weight excluding hydrogens is 152 g/mol. The van der Waals surface area contributed by atoms with Crippen molar-refractivity contribution in [2.24, 2.45) is 5.41 Å². The maximum atomic E-state index is 11.4. The average molecular weight is 168 g/mol. The molecule has 1 atom stereocenters. The van der Waals surface area contributed by atoms with Gasteiger partial charge in [0.1, 0.15) is 0 Å². The summed E-state index contributed by atoms with van der Waals surface area (Å²) in [6.07, 6.45) is 2.08. The fourth-order valence-electron chi connectivity index (χ4n) is 2.28. The maximum Gasteiger partial charge on any atom is 0.228 e. The first kappa shape index (κ1) is 8.05. The van der Waals surface area contributed by atoms with Crippen LogP contribution in [0.5, 0.6) is 0 Å². The summed E-state index contributed by atoms with van der Waals surface area (Å²) in [5.74, 6) is 0.281. The molecule has 1 unspecified atom stereocenters. The molecule has 1 amide bonds. The molecular formula is C9H16N2O. The third kappa shape index (κ3) is 0.891. The lowest BCUT2D eigenvalue weighted by molar-refractivity contribution is -0.149. The van der Waals surface area contributed by atoms with Crippen molar-refractivity contribution in [1.82, 2.24) is 10.2 Å². The zero-order valence-corrected chi connectivity index (χ0v) is 7.76. The van der Waals surface area contributed by atoms with Crippen molar-refractivity contribution in [3.63, 3.8) is 0 Å². The average Bonchev–Trinajstić information content (AvgIpc) is 2.06. The second-order valence-corrected chi connectivity index (χ2v) is 4.15. The van der Waals surface area contributed by atoms with E-state index in [0.717, 1.165) is 25.9 Å². The quantitative estimate of drug-likeness (QED) is 0.525. The summed E-state index contributed by atoms with van der Waals surface area (Å²) in [5, 5.41) is 2.92. The van der Waals surface area contributed by atoms with Crippen molar-refractivity contribution in [2.45, 2.75) is 25.8 Å². The number of rotatable bonds is 0. The van der Waals surface area contributed by atoms with Crippen LogP contribution in [0.3, 0.4) is 0 Å². The highest BCUT2D eigenvalue weighted by molar-refractivity contribution is 5.90. The van der Waals surface area contributed by atoms with Gasteiger partial charge in [0.05, 0.1) is 5.41 Å². The van der Waals surface area contributed by atoms with E-state index in [2.05, 4.69) is 24.2 Å². The summed E-state index contributed by atoms with van der Waals surface area (Å²) >= 11 is 0. The van der Waals surface area contributed by atoms with Gasteiger partial charge in [0.15, 0.2) is 0 Å². The number of nitrogens with one attached hydrogen (secondary N) is 1. The van der Waals surface area contributed by atoms with Crippen LogP contribution in [0, 0.1) is 5.41 Å². The molecule has 2 saturated heterocycles. The first-order chi connectivity index (χ1) is 5.65. The Labute approximate surface area is 73.1 Å². The Hall–Kier alpha value is -0.570. The second kappa shape index (κ2) is 2.46. The summed E-state index contributed by atoms with van der Waals surface area (Å²) < 4.78 is 0. The van der Waals surface area contributed by atoms with Crippen LogP contribution >= 0.6 is 0 Å². The van der Waals surface area contributed by atoms with Gasteiger partial charge in [-0.2, -0.15) is 0 Å². The minimum absolute atomic E-state index is 0.00646. The predicted molar refractivity (Wildman–Crippen MR) is 46.8 cm³/mol. The van der Waals surface area contributed by atoms with Crippen molar-refractivity contribution in [1.29, 1.82) is 0 Å². The minimum atomic E-state index is 0.00646. The molecule has 2 rings (SSSR count). The van der Waals surface area contributed by atoms with Crippen LogP contribution in [0.2, 0.25) is 0 Å². The monoisotopic (exact) mass is 168 g/mol. The first-order valence-electron chi connectivity index (χ1n) is 4.65. The minimum Gasteiger partial charge on any atom is -0.352 e. The lowest BCUT2D eigenvalue weighted by atomic mass is 9.67. The van der Waals surface area contributed by atoms with Gasteiger partial charge in [-0.25, -0.2) is 0 Å². The topological polar surface area (TPSA) is 32.3 Å². The fraction of sp³-hybridized carbons (Fsp3) is 0.889. The van der Waals surface area contributed by atoms with Gasteiger partial charge < -0.3 is 10.2 Å². The molecule has 3 heteroatoms. The highest BCUT2D eigenvalue weighted by atomic mass is 16.2. The van der Waals surface area contributed by atoms with Gasteiger partial charge in [0.25, 0.3) is 0 Å². The molecule has 0 aromatic rings. The van der Waals surface area contributed by atoms with Crippen molar-refractivity contribution >= 4 is 5.91 Å². The molecule has 0 radical (unpaired) electrons. The summed E-state index contributed by atoms with van der Waals surface area (Å²) in [4.78, 5) is 13.7. The van der Waals surface area contributed by atoms with E-state index in [4.69, 9.17) is 0 Å². The number of likely N-dealkylation sites (tertiary alicyclic amines) is 1. The molecule has 1 spiro atoms. The molecule has 2 aliphatic heterocycles. The predicted octanol–water partition coefficient (Wildman–Crippen LogP) is 0.217. The Kier molecular flexibility index (Phi) is 1.65. The van der Waals surface area contributed by atoms with E-state index in [1.54, 1.807) is 0 Å². The second-order valence-electron chi connectivity index (χ2n) is 4.15. The first-order valence-corrected chi connectivity index (χ1v) is 4.65. The number of hydrogen-bond acceptors (Lipinski definition) is 2. The number of carbonyl (C=O) groups excluding carboxylic acids is 1. The molecule has 0 bridgehead atoms. The highest BCUT2D eigenvalue weighted by Gasteiger charge is 2.53. The van der Waals surface area contributed by atoms with Gasteiger partial charge in [-0.3, -0.25) is 4.79 Å². The van der Waals surface area contributed by atoms with Gasteiger partial charge in [-0.05, 0) is 39.9 Å². The van der Waals surface area contributed by atoms with Crippen molar-refractivity contribution in [3.8, 4) is 0 Å². The van der Waals surface area contributed by atoms with E-state index >= 15 is 0 Å². The van der Waals surface area contributed by atoms with E-state index in [1.807, 2.05) is 0 Å². The normalized spacial score (nSPS) is 34.5. The number of amides is 1. The van der Waals surface area contributed by atoms with Gasteiger partial charge in [0, 0.05) is 6.04 Å². The Morgan fingerprint density at radius 1 is 1.50 bits per heavy atom. The number of nitrogens with zero attached hydrogens (tertiary/aromatic N) is 1. The fourth-order valence-corrected chi connectivity index (χ4v) is 2.28. The Bertz CT molecular complexity index is 207. The summed E-state index contributed by atoms with van der Waals surface area (Å²) in [5.41, 5.74) is 0.00646. The summed E-state index contributed by atoms with van der Waals surface area (Å²) in [6.45, 7) is 4.25. The summed E-state index contributed by atoms with van der Waals surface area (Å²) in [7, 11) is 2.12. The molecule has 1 N–H and O–H groups in total. The molecule has 0 aromatic heterocycles. The smallest absolute Gasteiger partial charge is 0.228 e. The molecule has 0 aromatic carbocycles. The van der Waals surface area contributed by atoms with Crippen LogP contribution in [-0.2, 0) is 4.79 Å². The standard InChI is InChI=1S/C9H16N2O/c1-7-9(8(12)10-7)3-5-11(2)6-4-9/h7H,3-6H2,1-2H3,(H,10,12). The largest absolute Gasteiger partial charge is 0.352 e. The molecule has 3 nitrogen and oxygen atoms in total. The number of piperidine rings is 1. The zero-order chi connectivity index (χ0) is 8.77. The van der Waals surface area contributed by atoms with E-state index < -0.39 is 0 Å². The van der Waals surface area contributed by atoms with Crippen LogP contribution < -0.4 is 5.32 Å². The van der Waals surface area contributed by atoms with Crippen LogP contribution in [-0.4, -0.2) is 37.0 Å². The molecule has 12 heavy (non-hydrogen) atoms. The lowest BCUT2D eigenvalue weighted by Crippen LogP contribution is -2.68. The molecule has 0 aliphatic carbocycles. The van der Waals surface area contributed by atoms with Crippen molar-refractivity contribution in [3.05, 3.63) is 0 Å². The molecule has 2 aliphatic rings. The van der Waals surface area contributed by atoms with Gasteiger partial charge in [-0.1, -0.05) is 0 Å². The van der Waals surface area contributed by atoms with Gasteiger partial charge in [0.2, 0.25) is 5.91 Å². The zero-order valence-electron chi connectivity index (χ0n) is 7.76. The molecule has 0 saturated carbocycles. The maximum absolute atomic E-state index is 11.4. The SMILES string of the molecule is CC1NC(=O)C12CCN(C)CC2. The van der Waals surface area contributed by atoms with Gasteiger partial charge in [-0.15, -0.1) is 0 Å². The Morgan fingerprint density at radius 2 is 2.08 bits per heavy atom.